The predicted octanol–water partition coefficient (Wildman–Crippen LogP) is 3.51. The molecule has 1 aromatic carbocycles. The van der Waals surface area contributed by atoms with Crippen molar-refractivity contribution in [2.45, 2.75) is 39.2 Å². The predicted molar refractivity (Wildman–Crippen MR) is 82.6 cm³/mol. The molecule has 0 amide bonds. The first-order valence-electron chi connectivity index (χ1n) is 7.40. The van der Waals surface area contributed by atoms with Crippen LogP contribution in [0.4, 0.5) is 0 Å². The lowest BCUT2D eigenvalue weighted by Gasteiger charge is -2.39. The van der Waals surface area contributed by atoms with Gasteiger partial charge in [-0.3, -0.25) is 9.69 Å². The summed E-state index contributed by atoms with van der Waals surface area (Å²) in [5, 5.41) is 20.0. The van der Waals surface area contributed by atoms with Crippen LogP contribution in [0.3, 0.4) is 0 Å². The number of phenols is 1. The van der Waals surface area contributed by atoms with E-state index in [2.05, 4.69) is 4.90 Å². The average Bonchev–Trinajstić information content (AvgIpc) is 2.45. The van der Waals surface area contributed by atoms with Crippen molar-refractivity contribution in [1.82, 2.24) is 4.90 Å². The number of rotatable bonds is 5. The van der Waals surface area contributed by atoms with Gasteiger partial charge in [-0.05, 0) is 44.5 Å². The van der Waals surface area contributed by atoms with Crippen LogP contribution in [-0.2, 0) is 11.3 Å². The van der Waals surface area contributed by atoms with Gasteiger partial charge in [0, 0.05) is 17.1 Å². The maximum atomic E-state index is 11.6. The van der Waals surface area contributed by atoms with Crippen LogP contribution < -0.4 is 0 Å². The van der Waals surface area contributed by atoms with Crippen molar-refractivity contribution in [3.63, 3.8) is 0 Å². The molecule has 0 aromatic heterocycles. The molecule has 1 saturated heterocycles. The summed E-state index contributed by atoms with van der Waals surface area (Å²) in [5.41, 5.74) is 0.144. The van der Waals surface area contributed by atoms with E-state index >= 15 is 0 Å². The molecular formula is C16H22ClNO3. The number of carbonyl (C=O) groups is 1. The highest BCUT2D eigenvalue weighted by Crippen LogP contribution is 2.37. The number of likely N-dealkylation sites (tertiary alicyclic amines) is 1. The summed E-state index contributed by atoms with van der Waals surface area (Å²) in [6, 6.07) is 5.11. The number of carboxylic acids is 1. The summed E-state index contributed by atoms with van der Waals surface area (Å²) >= 11 is 6.12. The number of benzene rings is 1. The number of hydrogen-bond acceptors (Lipinski definition) is 3. The lowest BCUT2D eigenvalue weighted by molar-refractivity contribution is -0.152. The Hall–Kier alpha value is -1.26. The molecule has 116 valence electrons. The first-order valence-corrected chi connectivity index (χ1v) is 7.78. The number of hydrogen-bond donors (Lipinski definition) is 2. The summed E-state index contributed by atoms with van der Waals surface area (Å²) in [6.45, 7) is 4.03. The Labute approximate surface area is 130 Å². The third-order valence-electron chi connectivity index (χ3n) is 4.47. The average molecular weight is 312 g/mol. The molecular weight excluding hydrogens is 290 g/mol. The molecule has 0 spiro atoms. The number of aliphatic carboxylic acids is 1. The van der Waals surface area contributed by atoms with E-state index in [1.54, 1.807) is 18.2 Å². The second kappa shape index (κ2) is 6.67. The van der Waals surface area contributed by atoms with Crippen molar-refractivity contribution in [1.29, 1.82) is 0 Å². The molecule has 0 aliphatic carbocycles. The number of phenolic OH excluding ortho intramolecular Hbond substituents is 1. The smallest absolute Gasteiger partial charge is 0.309 e. The van der Waals surface area contributed by atoms with Crippen molar-refractivity contribution in [3.05, 3.63) is 28.8 Å². The van der Waals surface area contributed by atoms with E-state index in [0.717, 1.165) is 31.5 Å². The topological polar surface area (TPSA) is 60.8 Å². The summed E-state index contributed by atoms with van der Waals surface area (Å²) in [7, 11) is 0. The van der Waals surface area contributed by atoms with Crippen molar-refractivity contribution in [3.8, 4) is 5.75 Å². The number of piperidine rings is 1. The molecule has 1 aliphatic heterocycles. The van der Waals surface area contributed by atoms with Crippen LogP contribution in [0.2, 0.25) is 5.02 Å². The standard InChI is InChI=1S/C16H22ClNO3/c1-2-6-16(15(20)21)7-9-18(10-8-16)11-12-13(17)4-3-5-14(12)19/h3-5,19H,2,6-11H2,1H3,(H,20,21). The lowest BCUT2D eigenvalue weighted by Crippen LogP contribution is -2.44. The quantitative estimate of drug-likeness (QED) is 0.873. The molecule has 0 saturated carbocycles. The fourth-order valence-electron chi connectivity index (χ4n) is 3.12. The van der Waals surface area contributed by atoms with Crippen molar-refractivity contribution in [2.75, 3.05) is 13.1 Å². The molecule has 0 bridgehead atoms. The fraction of sp³-hybridized carbons (Fsp3) is 0.562. The van der Waals surface area contributed by atoms with Gasteiger partial charge < -0.3 is 10.2 Å². The molecule has 1 heterocycles. The Morgan fingerprint density at radius 1 is 1.38 bits per heavy atom. The number of aromatic hydroxyl groups is 1. The minimum absolute atomic E-state index is 0.200. The van der Waals surface area contributed by atoms with Gasteiger partial charge in [0.05, 0.1) is 5.41 Å². The molecule has 1 aromatic rings. The Morgan fingerprint density at radius 3 is 2.57 bits per heavy atom. The zero-order chi connectivity index (χ0) is 15.5. The van der Waals surface area contributed by atoms with Gasteiger partial charge >= 0.3 is 5.97 Å². The van der Waals surface area contributed by atoms with Crippen molar-refractivity contribution < 1.29 is 15.0 Å². The Morgan fingerprint density at radius 2 is 2.05 bits per heavy atom. The lowest BCUT2D eigenvalue weighted by atomic mass is 9.75. The number of nitrogens with zero attached hydrogens (tertiary/aromatic N) is 1. The van der Waals surface area contributed by atoms with E-state index in [1.165, 1.54) is 0 Å². The summed E-state index contributed by atoms with van der Waals surface area (Å²) in [5.74, 6) is -0.476. The second-order valence-corrected chi connectivity index (χ2v) is 6.26. The summed E-state index contributed by atoms with van der Waals surface area (Å²) in [6.07, 6.45) is 2.92. The Kier molecular flexibility index (Phi) is 5.12. The van der Waals surface area contributed by atoms with Gasteiger partial charge in [0.2, 0.25) is 0 Å². The van der Waals surface area contributed by atoms with Gasteiger partial charge in [-0.1, -0.05) is 31.0 Å². The summed E-state index contributed by atoms with van der Waals surface area (Å²) < 4.78 is 0. The third kappa shape index (κ3) is 3.50. The normalized spacial score (nSPS) is 18.6. The molecule has 2 rings (SSSR count). The monoisotopic (exact) mass is 311 g/mol. The van der Waals surface area contributed by atoms with E-state index in [0.29, 0.717) is 24.4 Å². The fourth-order valence-corrected chi connectivity index (χ4v) is 3.35. The second-order valence-electron chi connectivity index (χ2n) is 5.85. The molecule has 1 fully saturated rings. The SMILES string of the molecule is CCCC1(C(=O)O)CCN(Cc2c(O)cccc2Cl)CC1. The van der Waals surface area contributed by atoms with E-state index < -0.39 is 11.4 Å². The largest absolute Gasteiger partial charge is 0.508 e. The van der Waals surface area contributed by atoms with Crippen LogP contribution in [-0.4, -0.2) is 34.2 Å². The maximum absolute atomic E-state index is 11.6. The highest BCUT2D eigenvalue weighted by atomic mass is 35.5. The van der Waals surface area contributed by atoms with Crippen molar-refractivity contribution >= 4 is 17.6 Å². The zero-order valence-electron chi connectivity index (χ0n) is 12.3. The molecule has 5 heteroatoms. The molecule has 4 nitrogen and oxygen atoms in total. The maximum Gasteiger partial charge on any atom is 0.309 e. The third-order valence-corrected chi connectivity index (χ3v) is 4.83. The first-order chi connectivity index (χ1) is 9.98. The number of halogens is 1. The Balaban J connectivity index is 2.03. The highest BCUT2D eigenvalue weighted by Gasteiger charge is 2.40. The molecule has 1 aliphatic rings. The van der Waals surface area contributed by atoms with Crippen LogP contribution in [0.15, 0.2) is 18.2 Å². The summed E-state index contributed by atoms with van der Waals surface area (Å²) in [4.78, 5) is 13.7. The van der Waals surface area contributed by atoms with Gasteiger partial charge in [-0.2, -0.15) is 0 Å². The van der Waals surface area contributed by atoms with Crippen molar-refractivity contribution in [2.24, 2.45) is 5.41 Å². The van der Waals surface area contributed by atoms with Crippen LogP contribution in [0.1, 0.15) is 38.2 Å². The first kappa shape index (κ1) is 16.1. The van der Waals surface area contributed by atoms with Gasteiger partial charge in [0.1, 0.15) is 5.75 Å². The Bertz CT molecular complexity index is 490. The van der Waals surface area contributed by atoms with Crippen LogP contribution in [0, 0.1) is 5.41 Å². The number of carboxylic acid groups (broad SMARTS) is 1. The van der Waals surface area contributed by atoms with E-state index in [1.807, 2.05) is 6.92 Å². The zero-order valence-corrected chi connectivity index (χ0v) is 13.1. The molecule has 21 heavy (non-hydrogen) atoms. The highest BCUT2D eigenvalue weighted by molar-refractivity contribution is 6.31. The van der Waals surface area contributed by atoms with E-state index in [-0.39, 0.29) is 5.75 Å². The van der Waals surface area contributed by atoms with E-state index in [9.17, 15) is 15.0 Å². The van der Waals surface area contributed by atoms with Crippen LogP contribution >= 0.6 is 11.6 Å². The van der Waals surface area contributed by atoms with Gasteiger partial charge in [-0.25, -0.2) is 0 Å². The molecule has 2 N–H and O–H groups in total. The van der Waals surface area contributed by atoms with Gasteiger partial charge in [0.25, 0.3) is 0 Å². The van der Waals surface area contributed by atoms with Crippen LogP contribution in [0.5, 0.6) is 5.75 Å². The molecule has 0 atom stereocenters. The van der Waals surface area contributed by atoms with E-state index in [4.69, 9.17) is 11.6 Å². The molecule has 0 radical (unpaired) electrons. The minimum Gasteiger partial charge on any atom is -0.508 e. The molecule has 0 unspecified atom stereocenters. The minimum atomic E-state index is -0.676. The van der Waals surface area contributed by atoms with Gasteiger partial charge in [-0.15, -0.1) is 0 Å². The van der Waals surface area contributed by atoms with Gasteiger partial charge in [0.15, 0.2) is 0 Å². The van der Waals surface area contributed by atoms with Crippen LogP contribution in [0.25, 0.3) is 0 Å².